The van der Waals surface area contributed by atoms with Crippen LogP contribution in [-0.4, -0.2) is 19.7 Å². The maximum atomic E-state index is 5.46. The topological polar surface area (TPSA) is 52.8 Å². The molecule has 0 amide bonds. The summed E-state index contributed by atoms with van der Waals surface area (Å²) in [7, 11) is 1.88. The first-order valence-corrected chi connectivity index (χ1v) is 5.63. The van der Waals surface area contributed by atoms with Crippen molar-refractivity contribution in [1.82, 2.24) is 19.7 Å². The number of hydrogen-bond acceptors (Lipinski definition) is 4. The molecule has 0 spiro atoms. The maximum Gasteiger partial charge on any atom is 0.323 e. The summed E-state index contributed by atoms with van der Waals surface area (Å²) in [5, 5.41) is 4.22. The molecule has 0 atom stereocenters. The summed E-state index contributed by atoms with van der Waals surface area (Å²) in [6, 6.07) is 2.06. The molecule has 0 fully saturated rings. The lowest BCUT2D eigenvalue weighted by Gasteiger charge is -1.99. The first-order chi connectivity index (χ1) is 8.18. The number of nitrogens with zero attached hydrogens (tertiary/aromatic N) is 4. The standard InChI is InChI=1S/C10H12N4O.C2H6/c1-7-8(2)14(3)13-9(7)15-10-11-5-4-6-12-10;1-2/h4-6H,1-3H3;1-2H3. The molecule has 2 heterocycles. The predicted octanol–water partition coefficient (Wildman–Crippen LogP) is 2.65. The minimum absolute atomic E-state index is 0.318. The van der Waals surface area contributed by atoms with Gasteiger partial charge in [0.1, 0.15) is 0 Å². The van der Waals surface area contributed by atoms with Gasteiger partial charge in [0.05, 0.1) is 0 Å². The molecule has 2 aromatic rings. The van der Waals surface area contributed by atoms with Crippen molar-refractivity contribution in [1.29, 1.82) is 0 Å². The highest BCUT2D eigenvalue weighted by Gasteiger charge is 2.11. The van der Waals surface area contributed by atoms with Crippen molar-refractivity contribution in [3.63, 3.8) is 0 Å². The van der Waals surface area contributed by atoms with Crippen molar-refractivity contribution >= 4 is 0 Å². The Morgan fingerprint density at radius 3 is 2.18 bits per heavy atom. The van der Waals surface area contributed by atoms with Crippen LogP contribution in [0.3, 0.4) is 0 Å². The van der Waals surface area contributed by atoms with E-state index in [-0.39, 0.29) is 0 Å². The molecule has 0 saturated heterocycles. The Balaban J connectivity index is 0.000000686. The Morgan fingerprint density at radius 1 is 1.12 bits per heavy atom. The van der Waals surface area contributed by atoms with Gasteiger partial charge < -0.3 is 4.74 Å². The first kappa shape index (κ1) is 13.2. The Morgan fingerprint density at radius 2 is 1.71 bits per heavy atom. The van der Waals surface area contributed by atoms with E-state index >= 15 is 0 Å². The third kappa shape index (κ3) is 3.03. The van der Waals surface area contributed by atoms with E-state index in [1.165, 1.54) is 0 Å². The second kappa shape index (κ2) is 5.98. The Labute approximate surface area is 101 Å². The van der Waals surface area contributed by atoms with Gasteiger partial charge in [-0.05, 0) is 19.9 Å². The summed E-state index contributed by atoms with van der Waals surface area (Å²) in [4.78, 5) is 7.94. The fourth-order valence-corrected chi connectivity index (χ4v) is 1.21. The van der Waals surface area contributed by atoms with E-state index in [4.69, 9.17) is 4.74 Å². The largest absolute Gasteiger partial charge is 0.403 e. The number of aromatic nitrogens is 4. The number of ether oxygens (including phenoxy) is 1. The van der Waals surface area contributed by atoms with Crippen LogP contribution < -0.4 is 4.74 Å². The van der Waals surface area contributed by atoms with E-state index in [9.17, 15) is 0 Å². The molecular weight excluding hydrogens is 216 g/mol. The monoisotopic (exact) mass is 234 g/mol. The van der Waals surface area contributed by atoms with Crippen LogP contribution in [0.4, 0.5) is 0 Å². The van der Waals surface area contributed by atoms with Crippen molar-refractivity contribution in [3.8, 4) is 11.9 Å². The molecule has 5 heteroatoms. The van der Waals surface area contributed by atoms with Crippen LogP contribution in [0.15, 0.2) is 18.5 Å². The average Bonchev–Trinajstić information content (AvgIpc) is 2.61. The highest BCUT2D eigenvalue weighted by Crippen LogP contribution is 2.22. The molecule has 92 valence electrons. The summed E-state index contributed by atoms with van der Waals surface area (Å²) in [5.41, 5.74) is 2.07. The van der Waals surface area contributed by atoms with Gasteiger partial charge in [-0.1, -0.05) is 13.8 Å². The van der Waals surface area contributed by atoms with Crippen molar-refractivity contribution in [2.24, 2.45) is 7.05 Å². The van der Waals surface area contributed by atoms with Crippen LogP contribution in [0.25, 0.3) is 0 Å². The lowest BCUT2D eigenvalue weighted by atomic mass is 10.3. The molecule has 5 nitrogen and oxygen atoms in total. The minimum atomic E-state index is 0.318. The van der Waals surface area contributed by atoms with Crippen LogP contribution >= 0.6 is 0 Å². The van der Waals surface area contributed by atoms with Gasteiger partial charge in [-0.2, -0.15) is 0 Å². The summed E-state index contributed by atoms with van der Waals surface area (Å²) in [5.74, 6) is 0.557. The van der Waals surface area contributed by atoms with Crippen molar-refractivity contribution in [2.45, 2.75) is 27.7 Å². The summed E-state index contributed by atoms with van der Waals surface area (Å²) in [6.07, 6.45) is 3.26. The van der Waals surface area contributed by atoms with Crippen LogP contribution in [0.2, 0.25) is 0 Å². The van der Waals surface area contributed by atoms with Gasteiger partial charge in [-0.15, -0.1) is 5.10 Å². The summed E-state index contributed by atoms with van der Waals surface area (Å²) in [6.45, 7) is 7.95. The molecule has 2 rings (SSSR count). The zero-order valence-electron chi connectivity index (χ0n) is 10.9. The summed E-state index contributed by atoms with van der Waals surface area (Å²) >= 11 is 0. The molecule has 0 radical (unpaired) electrons. The molecule has 0 bridgehead atoms. The molecule has 0 aliphatic carbocycles. The van der Waals surface area contributed by atoms with Gasteiger partial charge in [-0.3, -0.25) is 4.68 Å². The Bertz CT molecular complexity index is 465. The van der Waals surface area contributed by atoms with E-state index in [1.54, 1.807) is 23.1 Å². The number of rotatable bonds is 2. The van der Waals surface area contributed by atoms with Gasteiger partial charge in [0, 0.05) is 30.7 Å². The predicted molar refractivity (Wildman–Crippen MR) is 66.1 cm³/mol. The molecule has 0 aromatic carbocycles. The van der Waals surface area contributed by atoms with Gasteiger partial charge in [0.25, 0.3) is 0 Å². The fourth-order valence-electron chi connectivity index (χ4n) is 1.21. The third-order valence-electron chi connectivity index (χ3n) is 2.32. The van der Waals surface area contributed by atoms with Gasteiger partial charge >= 0.3 is 6.01 Å². The number of hydrogen-bond donors (Lipinski definition) is 0. The van der Waals surface area contributed by atoms with Gasteiger partial charge in [0.2, 0.25) is 5.88 Å². The Hall–Kier alpha value is -1.91. The third-order valence-corrected chi connectivity index (χ3v) is 2.32. The molecule has 2 aromatic heterocycles. The van der Waals surface area contributed by atoms with Crippen molar-refractivity contribution < 1.29 is 4.74 Å². The molecule has 0 aliphatic rings. The van der Waals surface area contributed by atoms with Gasteiger partial charge in [0.15, 0.2) is 0 Å². The molecular formula is C12H18N4O. The van der Waals surface area contributed by atoms with Crippen LogP contribution in [0.1, 0.15) is 25.1 Å². The van der Waals surface area contributed by atoms with Crippen molar-refractivity contribution in [2.75, 3.05) is 0 Å². The second-order valence-corrected chi connectivity index (χ2v) is 3.27. The smallest absolute Gasteiger partial charge is 0.323 e. The minimum Gasteiger partial charge on any atom is -0.403 e. The fraction of sp³-hybridized carbons (Fsp3) is 0.417. The average molecular weight is 234 g/mol. The molecule has 17 heavy (non-hydrogen) atoms. The summed E-state index contributed by atoms with van der Waals surface area (Å²) < 4.78 is 7.23. The highest BCUT2D eigenvalue weighted by atomic mass is 16.5. The van der Waals surface area contributed by atoms with Crippen LogP contribution in [0.5, 0.6) is 11.9 Å². The van der Waals surface area contributed by atoms with Crippen LogP contribution in [-0.2, 0) is 7.05 Å². The van der Waals surface area contributed by atoms with E-state index in [2.05, 4.69) is 15.1 Å². The first-order valence-electron chi connectivity index (χ1n) is 5.63. The van der Waals surface area contributed by atoms with Crippen molar-refractivity contribution in [3.05, 3.63) is 29.7 Å². The zero-order chi connectivity index (χ0) is 12.8. The normalized spacial score (nSPS) is 9.47. The van der Waals surface area contributed by atoms with E-state index < -0.39 is 0 Å². The molecule has 0 aliphatic heterocycles. The molecule has 0 saturated carbocycles. The van der Waals surface area contributed by atoms with E-state index in [1.807, 2.05) is 34.7 Å². The van der Waals surface area contributed by atoms with Crippen LogP contribution in [0, 0.1) is 13.8 Å². The van der Waals surface area contributed by atoms with E-state index in [0.29, 0.717) is 11.9 Å². The Kier molecular flexibility index (Phi) is 4.63. The van der Waals surface area contributed by atoms with Gasteiger partial charge in [-0.25, -0.2) is 9.97 Å². The zero-order valence-corrected chi connectivity index (χ0v) is 10.9. The lowest BCUT2D eigenvalue weighted by molar-refractivity contribution is 0.416. The lowest BCUT2D eigenvalue weighted by Crippen LogP contribution is -1.94. The molecule has 0 unspecified atom stereocenters. The highest BCUT2D eigenvalue weighted by molar-refractivity contribution is 5.30. The van der Waals surface area contributed by atoms with E-state index in [0.717, 1.165) is 11.3 Å². The SMILES string of the molecule is CC.Cc1c(Oc2ncccn2)nn(C)c1C. The molecule has 0 N–H and O–H groups in total. The number of aryl methyl sites for hydroxylation is 1. The maximum absolute atomic E-state index is 5.46. The second-order valence-electron chi connectivity index (χ2n) is 3.27. The quantitative estimate of drug-likeness (QED) is 0.801.